The third-order valence-corrected chi connectivity index (χ3v) is 2.64. The molecule has 0 bridgehead atoms. The predicted molar refractivity (Wildman–Crippen MR) is 69.9 cm³/mol. The maximum atomic E-state index is 12.3. The highest BCUT2D eigenvalue weighted by Crippen LogP contribution is 2.12. The van der Waals surface area contributed by atoms with Gasteiger partial charge in [-0.2, -0.15) is 0 Å². The van der Waals surface area contributed by atoms with E-state index in [-0.39, 0.29) is 17.1 Å². The molecule has 2 rings (SSSR count). The van der Waals surface area contributed by atoms with E-state index in [2.05, 4.69) is 4.98 Å². The van der Waals surface area contributed by atoms with Crippen molar-refractivity contribution in [2.24, 2.45) is 0 Å². The first-order valence-corrected chi connectivity index (χ1v) is 5.83. The molecular formula is C14H15NO3. The van der Waals surface area contributed by atoms with Gasteiger partial charge in [-0.15, -0.1) is 0 Å². The van der Waals surface area contributed by atoms with E-state index in [9.17, 15) is 9.59 Å². The molecule has 0 spiro atoms. The van der Waals surface area contributed by atoms with Gasteiger partial charge in [0.25, 0.3) is 0 Å². The van der Waals surface area contributed by atoms with Gasteiger partial charge < -0.3 is 9.72 Å². The quantitative estimate of drug-likeness (QED) is 0.826. The number of hydrogen-bond acceptors (Lipinski definition) is 3. The summed E-state index contributed by atoms with van der Waals surface area (Å²) in [6, 6.07) is 7.11. The van der Waals surface area contributed by atoms with E-state index >= 15 is 0 Å². The van der Waals surface area contributed by atoms with E-state index in [4.69, 9.17) is 4.74 Å². The summed E-state index contributed by atoms with van der Waals surface area (Å²) < 4.78 is 5.09. The summed E-state index contributed by atoms with van der Waals surface area (Å²) in [6.45, 7) is 5.20. The minimum Gasteiger partial charge on any atom is -0.459 e. The zero-order valence-electron chi connectivity index (χ0n) is 10.6. The van der Waals surface area contributed by atoms with Crippen molar-refractivity contribution in [3.8, 4) is 0 Å². The second-order valence-electron chi connectivity index (χ2n) is 4.45. The van der Waals surface area contributed by atoms with E-state index in [1.165, 1.54) is 0 Å². The van der Waals surface area contributed by atoms with Crippen LogP contribution in [0.25, 0.3) is 10.9 Å². The predicted octanol–water partition coefficient (Wildman–Crippen LogP) is 2.40. The number of esters is 1. The Morgan fingerprint density at radius 1 is 1.28 bits per heavy atom. The number of fused-ring (bicyclic) bond motifs is 1. The fraction of sp³-hybridized carbons (Fsp3) is 0.286. The molecule has 4 heteroatoms. The lowest BCUT2D eigenvalue weighted by atomic mass is 10.1. The molecule has 1 N–H and O–H groups in total. The summed E-state index contributed by atoms with van der Waals surface area (Å²) in [4.78, 5) is 27.2. The summed E-state index contributed by atoms with van der Waals surface area (Å²) in [5.74, 6) is -0.575. The van der Waals surface area contributed by atoms with Crippen LogP contribution in [0.15, 0.2) is 29.1 Å². The largest absolute Gasteiger partial charge is 0.459 e. The number of rotatable bonds is 2. The van der Waals surface area contributed by atoms with Crippen molar-refractivity contribution < 1.29 is 9.53 Å². The number of H-pyrrole nitrogens is 1. The van der Waals surface area contributed by atoms with Gasteiger partial charge in [-0.05, 0) is 32.9 Å². The molecule has 94 valence electrons. The highest BCUT2D eigenvalue weighted by molar-refractivity contribution is 5.95. The molecule has 0 saturated heterocycles. The number of hydrogen-bond donors (Lipinski definition) is 1. The van der Waals surface area contributed by atoms with E-state index in [0.29, 0.717) is 11.1 Å². The van der Waals surface area contributed by atoms with Crippen LogP contribution in [0, 0.1) is 6.92 Å². The first-order chi connectivity index (χ1) is 8.50. The Balaban J connectivity index is 2.65. The summed E-state index contributed by atoms with van der Waals surface area (Å²) in [7, 11) is 0. The zero-order valence-corrected chi connectivity index (χ0v) is 10.6. The van der Waals surface area contributed by atoms with Crippen LogP contribution in [0.1, 0.15) is 29.9 Å². The van der Waals surface area contributed by atoms with Gasteiger partial charge in [0.2, 0.25) is 5.43 Å². The fourth-order valence-corrected chi connectivity index (χ4v) is 1.88. The van der Waals surface area contributed by atoms with E-state index in [1.807, 2.05) is 6.07 Å². The summed E-state index contributed by atoms with van der Waals surface area (Å²) in [5.41, 5.74) is 1.06. The minimum absolute atomic E-state index is 0.0856. The number of benzene rings is 1. The second kappa shape index (κ2) is 4.64. The number of aryl methyl sites for hydroxylation is 1. The minimum atomic E-state index is -0.575. The van der Waals surface area contributed by atoms with Crippen molar-refractivity contribution >= 4 is 16.9 Å². The zero-order chi connectivity index (χ0) is 13.3. The van der Waals surface area contributed by atoms with E-state index in [0.717, 1.165) is 5.52 Å². The van der Waals surface area contributed by atoms with Gasteiger partial charge in [0.05, 0.1) is 6.10 Å². The Morgan fingerprint density at radius 2 is 1.94 bits per heavy atom. The first-order valence-electron chi connectivity index (χ1n) is 5.83. The maximum Gasteiger partial charge on any atom is 0.344 e. The Morgan fingerprint density at radius 3 is 2.61 bits per heavy atom. The molecule has 1 aromatic carbocycles. The molecule has 1 heterocycles. The topological polar surface area (TPSA) is 59.2 Å². The number of para-hydroxylation sites is 1. The second-order valence-corrected chi connectivity index (χ2v) is 4.45. The average Bonchev–Trinajstić information content (AvgIpc) is 2.27. The van der Waals surface area contributed by atoms with Crippen LogP contribution in [0.5, 0.6) is 0 Å². The molecule has 0 unspecified atom stereocenters. The van der Waals surface area contributed by atoms with Gasteiger partial charge in [0, 0.05) is 16.6 Å². The molecule has 0 fully saturated rings. The molecule has 0 atom stereocenters. The number of ether oxygens (including phenoxy) is 1. The molecule has 1 aromatic heterocycles. The van der Waals surface area contributed by atoms with Gasteiger partial charge in [-0.3, -0.25) is 4.79 Å². The van der Waals surface area contributed by atoms with Gasteiger partial charge >= 0.3 is 5.97 Å². The number of aromatic amines is 1. The third kappa shape index (κ3) is 2.14. The maximum absolute atomic E-state index is 12.3. The Hall–Kier alpha value is -2.10. The van der Waals surface area contributed by atoms with Crippen LogP contribution < -0.4 is 5.43 Å². The molecule has 0 amide bonds. The van der Waals surface area contributed by atoms with Crippen molar-refractivity contribution in [2.45, 2.75) is 26.9 Å². The molecule has 4 nitrogen and oxygen atoms in total. The lowest BCUT2D eigenvalue weighted by Gasteiger charge is -2.10. The molecule has 0 aliphatic carbocycles. The van der Waals surface area contributed by atoms with Crippen molar-refractivity contribution in [1.29, 1.82) is 0 Å². The van der Waals surface area contributed by atoms with Crippen LogP contribution in [0.2, 0.25) is 0 Å². The molecule has 0 radical (unpaired) electrons. The number of carbonyl (C=O) groups excluding carboxylic acids is 1. The molecule has 0 aliphatic rings. The normalized spacial score (nSPS) is 10.9. The van der Waals surface area contributed by atoms with Crippen molar-refractivity contribution in [1.82, 2.24) is 4.98 Å². The SMILES string of the molecule is Cc1[nH]c2ccccc2c(=O)c1C(=O)OC(C)C. The lowest BCUT2D eigenvalue weighted by molar-refractivity contribution is 0.0375. The van der Waals surface area contributed by atoms with Crippen LogP contribution in [-0.2, 0) is 4.74 Å². The Kier molecular flexibility index (Phi) is 3.19. The van der Waals surface area contributed by atoms with Gasteiger partial charge in [-0.25, -0.2) is 4.79 Å². The van der Waals surface area contributed by atoms with Crippen LogP contribution >= 0.6 is 0 Å². The fourth-order valence-electron chi connectivity index (χ4n) is 1.88. The number of aromatic nitrogens is 1. The Bertz CT molecular complexity index is 656. The highest BCUT2D eigenvalue weighted by Gasteiger charge is 2.18. The third-order valence-electron chi connectivity index (χ3n) is 2.64. The number of carbonyl (C=O) groups is 1. The van der Waals surface area contributed by atoms with Crippen molar-refractivity contribution in [3.05, 3.63) is 45.7 Å². The molecular weight excluding hydrogens is 230 g/mol. The molecule has 2 aromatic rings. The standard InChI is InChI=1S/C14H15NO3/c1-8(2)18-14(17)12-9(3)15-11-7-5-4-6-10(11)13(12)16/h4-8H,1-3H3,(H,15,16). The van der Waals surface area contributed by atoms with Gasteiger partial charge in [0.15, 0.2) is 0 Å². The summed E-state index contributed by atoms with van der Waals surface area (Å²) >= 11 is 0. The summed E-state index contributed by atoms with van der Waals surface area (Å²) in [5, 5.41) is 0.499. The Labute approximate surface area is 105 Å². The van der Waals surface area contributed by atoms with Crippen LogP contribution in [0.4, 0.5) is 0 Å². The average molecular weight is 245 g/mol. The molecule has 0 saturated carbocycles. The number of pyridine rings is 1. The van der Waals surface area contributed by atoms with Crippen LogP contribution in [-0.4, -0.2) is 17.1 Å². The molecule has 0 aliphatic heterocycles. The highest BCUT2D eigenvalue weighted by atomic mass is 16.5. The molecule has 18 heavy (non-hydrogen) atoms. The number of nitrogens with one attached hydrogen (secondary N) is 1. The smallest absolute Gasteiger partial charge is 0.344 e. The van der Waals surface area contributed by atoms with Gasteiger partial charge in [0.1, 0.15) is 5.56 Å². The monoisotopic (exact) mass is 245 g/mol. The van der Waals surface area contributed by atoms with Crippen molar-refractivity contribution in [3.63, 3.8) is 0 Å². The van der Waals surface area contributed by atoms with Crippen molar-refractivity contribution in [2.75, 3.05) is 0 Å². The van der Waals surface area contributed by atoms with E-state index in [1.54, 1.807) is 39.0 Å². The van der Waals surface area contributed by atoms with E-state index < -0.39 is 5.97 Å². The first kappa shape index (κ1) is 12.4. The van der Waals surface area contributed by atoms with Gasteiger partial charge in [-0.1, -0.05) is 12.1 Å². The lowest BCUT2D eigenvalue weighted by Crippen LogP contribution is -2.22. The summed E-state index contributed by atoms with van der Waals surface area (Å²) in [6.07, 6.45) is -0.247. The van der Waals surface area contributed by atoms with Crippen LogP contribution in [0.3, 0.4) is 0 Å².